The van der Waals surface area contributed by atoms with Gasteiger partial charge in [0.1, 0.15) is 0 Å². The van der Waals surface area contributed by atoms with E-state index in [1.165, 1.54) is 0 Å². The first kappa shape index (κ1) is 24.0. The molecular formula is C21H25BrN6O3S. The SMILES string of the molecule is CCOc1cc(CNCCCSc2nnnn2-c2ccccc2)cc(Br)c1OCC(N)=O. The molecule has 1 heterocycles. The highest BCUT2D eigenvalue weighted by molar-refractivity contribution is 9.10. The molecule has 0 spiro atoms. The summed E-state index contributed by atoms with van der Waals surface area (Å²) in [5.41, 5.74) is 7.15. The number of rotatable bonds is 13. The maximum absolute atomic E-state index is 11.0. The Bertz CT molecular complexity index is 1020. The number of nitrogens with two attached hydrogens (primary N) is 1. The maximum atomic E-state index is 11.0. The first-order valence-corrected chi connectivity index (χ1v) is 11.9. The van der Waals surface area contributed by atoms with E-state index in [0.29, 0.717) is 29.1 Å². The molecule has 9 nitrogen and oxygen atoms in total. The molecule has 0 aliphatic heterocycles. The molecule has 0 radical (unpaired) electrons. The lowest BCUT2D eigenvalue weighted by Crippen LogP contribution is -2.20. The molecule has 0 aliphatic carbocycles. The maximum Gasteiger partial charge on any atom is 0.255 e. The fourth-order valence-electron chi connectivity index (χ4n) is 2.86. The van der Waals surface area contributed by atoms with Crippen molar-refractivity contribution < 1.29 is 14.3 Å². The van der Waals surface area contributed by atoms with Crippen LogP contribution in [-0.4, -0.2) is 51.6 Å². The van der Waals surface area contributed by atoms with Crippen molar-refractivity contribution in [3.05, 3.63) is 52.5 Å². The number of halogens is 1. The summed E-state index contributed by atoms with van der Waals surface area (Å²) in [7, 11) is 0. The Morgan fingerprint density at radius 3 is 2.81 bits per heavy atom. The third-order valence-electron chi connectivity index (χ3n) is 4.23. The fraction of sp³-hybridized carbons (Fsp3) is 0.333. The number of primary amides is 1. The van der Waals surface area contributed by atoms with Crippen molar-refractivity contribution in [1.29, 1.82) is 0 Å². The summed E-state index contributed by atoms with van der Waals surface area (Å²) >= 11 is 5.11. The number of para-hydroxylation sites is 1. The number of hydrogen-bond acceptors (Lipinski definition) is 8. The molecule has 0 aliphatic rings. The van der Waals surface area contributed by atoms with Crippen molar-refractivity contribution in [2.24, 2.45) is 5.73 Å². The minimum Gasteiger partial charge on any atom is -0.490 e. The van der Waals surface area contributed by atoms with E-state index in [9.17, 15) is 4.79 Å². The van der Waals surface area contributed by atoms with Crippen LogP contribution in [0.15, 0.2) is 52.1 Å². The van der Waals surface area contributed by atoms with Crippen molar-refractivity contribution in [2.75, 3.05) is 25.5 Å². The molecule has 32 heavy (non-hydrogen) atoms. The van der Waals surface area contributed by atoms with Gasteiger partial charge in [0.25, 0.3) is 5.91 Å². The second-order valence-electron chi connectivity index (χ2n) is 6.68. The Hall–Kier alpha value is -2.63. The molecule has 11 heteroatoms. The molecule has 170 valence electrons. The molecule has 0 saturated carbocycles. The lowest BCUT2D eigenvalue weighted by atomic mass is 10.2. The molecular weight excluding hydrogens is 496 g/mol. The lowest BCUT2D eigenvalue weighted by Gasteiger charge is -2.15. The third kappa shape index (κ3) is 6.94. The van der Waals surface area contributed by atoms with Gasteiger partial charge in [-0.25, -0.2) is 0 Å². The zero-order valence-electron chi connectivity index (χ0n) is 17.7. The van der Waals surface area contributed by atoms with Crippen molar-refractivity contribution >= 4 is 33.6 Å². The molecule has 0 fully saturated rings. The molecule has 0 unspecified atom stereocenters. The number of aromatic nitrogens is 4. The van der Waals surface area contributed by atoms with E-state index in [4.69, 9.17) is 15.2 Å². The number of amides is 1. The summed E-state index contributed by atoms with van der Waals surface area (Å²) in [5, 5.41) is 16.2. The van der Waals surface area contributed by atoms with Crippen LogP contribution in [0.1, 0.15) is 18.9 Å². The van der Waals surface area contributed by atoms with Crippen molar-refractivity contribution in [2.45, 2.75) is 25.0 Å². The minimum atomic E-state index is -0.541. The van der Waals surface area contributed by atoms with Gasteiger partial charge in [-0.05, 0) is 76.1 Å². The van der Waals surface area contributed by atoms with Gasteiger partial charge in [-0.1, -0.05) is 30.0 Å². The average Bonchev–Trinajstić information content (AvgIpc) is 3.25. The molecule has 1 amide bonds. The van der Waals surface area contributed by atoms with Crippen LogP contribution in [0.5, 0.6) is 11.5 Å². The van der Waals surface area contributed by atoms with Gasteiger partial charge in [0.05, 0.1) is 16.8 Å². The van der Waals surface area contributed by atoms with Gasteiger partial charge in [-0.15, -0.1) is 5.10 Å². The van der Waals surface area contributed by atoms with Crippen molar-refractivity contribution in [1.82, 2.24) is 25.5 Å². The summed E-state index contributed by atoms with van der Waals surface area (Å²) in [5.74, 6) is 1.39. The van der Waals surface area contributed by atoms with Gasteiger partial charge in [0, 0.05) is 12.3 Å². The summed E-state index contributed by atoms with van der Waals surface area (Å²) < 4.78 is 13.6. The molecule has 3 aromatic rings. The zero-order chi connectivity index (χ0) is 22.8. The number of nitrogens with zero attached hydrogens (tertiary/aromatic N) is 4. The standard InChI is InChI=1S/C21H25BrN6O3S/c1-2-30-18-12-15(11-17(22)20(18)31-14-19(23)29)13-24-9-6-10-32-21-25-26-27-28(21)16-7-4-3-5-8-16/h3-5,7-8,11-12,24H,2,6,9-10,13-14H2,1H3,(H2,23,29). The number of thioether (sulfide) groups is 1. The molecule has 3 rings (SSSR count). The van der Waals surface area contributed by atoms with Gasteiger partial charge in [-0.2, -0.15) is 4.68 Å². The molecule has 0 bridgehead atoms. The summed E-state index contributed by atoms with van der Waals surface area (Å²) in [6, 6.07) is 13.7. The van der Waals surface area contributed by atoms with E-state index >= 15 is 0 Å². The van der Waals surface area contributed by atoms with Crippen LogP contribution in [0, 0.1) is 0 Å². The van der Waals surface area contributed by atoms with E-state index in [1.54, 1.807) is 16.4 Å². The Labute approximate surface area is 199 Å². The Kier molecular flexibility index (Phi) is 9.32. The lowest BCUT2D eigenvalue weighted by molar-refractivity contribution is -0.119. The van der Waals surface area contributed by atoms with E-state index < -0.39 is 5.91 Å². The smallest absolute Gasteiger partial charge is 0.255 e. The van der Waals surface area contributed by atoms with Gasteiger partial charge in [0.15, 0.2) is 18.1 Å². The van der Waals surface area contributed by atoms with Crippen LogP contribution in [0.4, 0.5) is 0 Å². The van der Waals surface area contributed by atoms with E-state index in [2.05, 4.69) is 36.8 Å². The van der Waals surface area contributed by atoms with Gasteiger partial charge < -0.3 is 20.5 Å². The number of carbonyl (C=O) groups excluding carboxylic acids is 1. The van der Waals surface area contributed by atoms with Gasteiger partial charge in [-0.3, -0.25) is 4.79 Å². The highest BCUT2D eigenvalue weighted by atomic mass is 79.9. The third-order valence-corrected chi connectivity index (χ3v) is 5.82. The van der Waals surface area contributed by atoms with E-state index in [0.717, 1.165) is 35.1 Å². The number of tetrazole rings is 1. The Morgan fingerprint density at radius 1 is 1.25 bits per heavy atom. The first-order valence-electron chi connectivity index (χ1n) is 10.1. The second-order valence-corrected chi connectivity index (χ2v) is 8.60. The molecule has 0 atom stereocenters. The van der Waals surface area contributed by atoms with Gasteiger partial charge in [0.2, 0.25) is 5.16 Å². The van der Waals surface area contributed by atoms with Crippen LogP contribution in [0.25, 0.3) is 5.69 Å². The average molecular weight is 521 g/mol. The van der Waals surface area contributed by atoms with Crippen LogP contribution >= 0.6 is 27.7 Å². The van der Waals surface area contributed by atoms with Crippen LogP contribution < -0.4 is 20.5 Å². The largest absolute Gasteiger partial charge is 0.490 e. The quantitative estimate of drug-likeness (QED) is 0.261. The predicted molar refractivity (Wildman–Crippen MR) is 126 cm³/mol. The van der Waals surface area contributed by atoms with E-state index in [-0.39, 0.29) is 6.61 Å². The molecule has 1 aromatic heterocycles. The fourth-order valence-corrected chi connectivity index (χ4v) is 4.30. The Balaban J connectivity index is 1.47. The number of benzene rings is 2. The highest BCUT2D eigenvalue weighted by Crippen LogP contribution is 2.37. The first-order chi connectivity index (χ1) is 15.6. The van der Waals surface area contributed by atoms with E-state index in [1.807, 2.05) is 49.4 Å². The van der Waals surface area contributed by atoms with Crippen molar-refractivity contribution in [3.63, 3.8) is 0 Å². The van der Waals surface area contributed by atoms with Crippen LogP contribution in [-0.2, 0) is 11.3 Å². The molecule has 3 N–H and O–H groups in total. The predicted octanol–water partition coefficient (Wildman–Crippen LogP) is 2.96. The topological polar surface area (TPSA) is 117 Å². The second kappa shape index (κ2) is 12.4. The molecule has 2 aromatic carbocycles. The number of hydrogen-bond donors (Lipinski definition) is 2. The summed E-state index contributed by atoms with van der Waals surface area (Å²) in [6.45, 7) is 3.67. The van der Waals surface area contributed by atoms with Crippen molar-refractivity contribution in [3.8, 4) is 17.2 Å². The molecule has 0 saturated heterocycles. The monoisotopic (exact) mass is 520 g/mol. The highest BCUT2D eigenvalue weighted by Gasteiger charge is 2.13. The number of ether oxygens (including phenoxy) is 2. The minimum absolute atomic E-state index is 0.207. The zero-order valence-corrected chi connectivity index (χ0v) is 20.1. The number of nitrogens with one attached hydrogen (secondary N) is 1. The van der Waals surface area contributed by atoms with Crippen LogP contribution in [0.3, 0.4) is 0 Å². The summed E-state index contributed by atoms with van der Waals surface area (Å²) in [4.78, 5) is 11.0. The van der Waals surface area contributed by atoms with Crippen LogP contribution in [0.2, 0.25) is 0 Å². The summed E-state index contributed by atoms with van der Waals surface area (Å²) in [6.07, 6.45) is 0.950. The number of carbonyl (C=O) groups is 1. The normalized spacial score (nSPS) is 10.8. The van der Waals surface area contributed by atoms with Gasteiger partial charge >= 0.3 is 0 Å². The Morgan fingerprint density at radius 2 is 2.06 bits per heavy atom.